The molecular formula is C15H14F3N5O2. The minimum Gasteiger partial charge on any atom is -0.324 e. The molecule has 2 aromatic rings. The number of amides is 2. The Hall–Kier alpha value is -2.91. The lowest BCUT2D eigenvalue weighted by atomic mass is 10.1. The Kier molecular flexibility index (Phi) is 4.19. The highest BCUT2D eigenvalue weighted by Gasteiger charge is 2.41. The van der Waals surface area contributed by atoms with E-state index in [1.54, 1.807) is 12.1 Å². The van der Waals surface area contributed by atoms with E-state index in [0.717, 1.165) is 16.7 Å². The number of rotatable bonds is 3. The Morgan fingerprint density at radius 2 is 2.04 bits per heavy atom. The number of benzene rings is 1. The zero-order valence-electron chi connectivity index (χ0n) is 13.1. The maximum atomic E-state index is 12.8. The maximum Gasteiger partial charge on any atom is 0.453 e. The Labute approximate surface area is 140 Å². The normalized spacial score (nSPS) is 17.0. The van der Waals surface area contributed by atoms with E-state index in [4.69, 9.17) is 0 Å². The van der Waals surface area contributed by atoms with Crippen LogP contribution in [0.1, 0.15) is 30.8 Å². The fourth-order valence-electron chi connectivity index (χ4n) is 2.44. The van der Waals surface area contributed by atoms with Crippen LogP contribution < -0.4 is 10.6 Å². The molecule has 25 heavy (non-hydrogen) atoms. The summed E-state index contributed by atoms with van der Waals surface area (Å²) in [4.78, 5) is 27.4. The van der Waals surface area contributed by atoms with Gasteiger partial charge < -0.3 is 5.32 Å². The highest BCUT2D eigenvalue weighted by Crippen LogP contribution is 2.31. The molecule has 0 saturated heterocycles. The second kappa shape index (κ2) is 6.19. The minimum absolute atomic E-state index is 0.327. The van der Waals surface area contributed by atoms with Crippen molar-refractivity contribution in [1.29, 1.82) is 0 Å². The second-order valence-corrected chi connectivity index (χ2v) is 5.51. The van der Waals surface area contributed by atoms with Gasteiger partial charge in [0.1, 0.15) is 6.04 Å². The maximum absolute atomic E-state index is 12.8. The molecule has 2 heterocycles. The first-order valence-corrected chi connectivity index (χ1v) is 7.51. The standard InChI is InChI=1S/C15H14F3N5O2/c1-2-8-3-5-9(6-4-8)19-12(25)10-7-11(24)20-14-21-13(15(16,17)18)22-23(10)14/h3-6,10H,2,7H2,1H3,(H,19,25)(H,20,21,22,24)/t10-/m1/s1. The predicted molar refractivity (Wildman–Crippen MR) is 81.8 cm³/mol. The van der Waals surface area contributed by atoms with Crippen molar-refractivity contribution in [3.8, 4) is 0 Å². The predicted octanol–water partition coefficient (Wildman–Crippen LogP) is 2.38. The van der Waals surface area contributed by atoms with E-state index in [1.165, 1.54) is 0 Å². The van der Waals surface area contributed by atoms with Gasteiger partial charge in [-0.15, -0.1) is 5.10 Å². The Morgan fingerprint density at radius 3 is 2.64 bits per heavy atom. The third kappa shape index (κ3) is 3.47. The lowest BCUT2D eigenvalue weighted by molar-refractivity contribution is -0.145. The molecular weight excluding hydrogens is 339 g/mol. The van der Waals surface area contributed by atoms with Crippen LogP contribution in [0.15, 0.2) is 24.3 Å². The first-order valence-electron chi connectivity index (χ1n) is 7.51. The number of aromatic nitrogens is 3. The summed E-state index contributed by atoms with van der Waals surface area (Å²) in [5.74, 6) is -3.05. The van der Waals surface area contributed by atoms with Gasteiger partial charge in [-0.05, 0) is 24.1 Å². The van der Waals surface area contributed by atoms with Crippen molar-refractivity contribution in [3.05, 3.63) is 35.7 Å². The van der Waals surface area contributed by atoms with E-state index in [1.807, 2.05) is 19.1 Å². The summed E-state index contributed by atoms with van der Waals surface area (Å²) in [7, 11) is 0. The number of halogens is 3. The molecule has 0 spiro atoms. The molecule has 7 nitrogen and oxygen atoms in total. The lowest BCUT2D eigenvalue weighted by Gasteiger charge is -2.22. The fourth-order valence-corrected chi connectivity index (χ4v) is 2.44. The molecule has 2 amide bonds. The van der Waals surface area contributed by atoms with Gasteiger partial charge in [-0.25, -0.2) is 4.68 Å². The molecule has 0 radical (unpaired) electrons. The highest BCUT2D eigenvalue weighted by molar-refractivity contribution is 6.00. The van der Waals surface area contributed by atoms with E-state index in [0.29, 0.717) is 5.69 Å². The average molecular weight is 353 g/mol. The molecule has 0 aliphatic carbocycles. The zero-order chi connectivity index (χ0) is 18.2. The van der Waals surface area contributed by atoms with Crippen molar-refractivity contribution in [2.45, 2.75) is 32.0 Å². The largest absolute Gasteiger partial charge is 0.453 e. The van der Waals surface area contributed by atoms with Gasteiger partial charge in [0.25, 0.3) is 5.82 Å². The number of hydrogen-bond acceptors (Lipinski definition) is 4. The molecule has 1 aromatic heterocycles. The number of anilines is 2. The van der Waals surface area contributed by atoms with E-state index < -0.39 is 35.8 Å². The van der Waals surface area contributed by atoms with E-state index in [-0.39, 0.29) is 6.42 Å². The van der Waals surface area contributed by atoms with E-state index in [2.05, 4.69) is 20.7 Å². The molecule has 0 bridgehead atoms. The van der Waals surface area contributed by atoms with Crippen LogP contribution >= 0.6 is 0 Å². The van der Waals surface area contributed by atoms with Crippen LogP contribution in [-0.4, -0.2) is 26.6 Å². The van der Waals surface area contributed by atoms with Crippen molar-refractivity contribution in [2.75, 3.05) is 10.6 Å². The number of hydrogen-bond donors (Lipinski definition) is 2. The summed E-state index contributed by atoms with van der Waals surface area (Å²) >= 11 is 0. The molecule has 1 atom stereocenters. The van der Waals surface area contributed by atoms with Gasteiger partial charge in [0.15, 0.2) is 0 Å². The summed E-state index contributed by atoms with van der Waals surface area (Å²) in [6.45, 7) is 1.98. The molecule has 1 aromatic carbocycles. The van der Waals surface area contributed by atoms with Crippen molar-refractivity contribution in [3.63, 3.8) is 0 Å². The molecule has 132 valence electrons. The van der Waals surface area contributed by atoms with Gasteiger partial charge in [-0.3, -0.25) is 14.9 Å². The van der Waals surface area contributed by atoms with Crippen LogP contribution in [0.5, 0.6) is 0 Å². The molecule has 0 saturated carbocycles. The van der Waals surface area contributed by atoms with E-state index >= 15 is 0 Å². The lowest BCUT2D eigenvalue weighted by Crippen LogP contribution is -2.36. The Morgan fingerprint density at radius 1 is 1.36 bits per heavy atom. The summed E-state index contributed by atoms with van der Waals surface area (Å²) in [5.41, 5.74) is 1.55. The highest BCUT2D eigenvalue weighted by atomic mass is 19.4. The van der Waals surface area contributed by atoms with Gasteiger partial charge in [0.2, 0.25) is 17.8 Å². The number of carbonyl (C=O) groups excluding carboxylic acids is 2. The van der Waals surface area contributed by atoms with Crippen LogP contribution in [0.3, 0.4) is 0 Å². The molecule has 1 aliphatic heterocycles. The van der Waals surface area contributed by atoms with Gasteiger partial charge in [-0.2, -0.15) is 18.2 Å². The quantitative estimate of drug-likeness (QED) is 0.887. The minimum atomic E-state index is -4.77. The monoisotopic (exact) mass is 353 g/mol. The van der Waals surface area contributed by atoms with Crippen LogP contribution in [0, 0.1) is 0 Å². The molecule has 3 rings (SSSR count). The number of nitrogens with one attached hydrogen (secondary N) is 2. The molecule has 0 unspecified atom stereocenters. The molecule has 10 heteroatoms. The van der Waals surface area contributed by atoms with Crippen molar-refractivity contribution in [2.24, 2.45) is 0 Å². The molecule has 2 N–H and O–H groups in total. The summed E-state index contributed by atoms with van der Waals surface area (Å²) < 4.78 is 39.1. The Bertz CT molecular complexity index is 814. The Balaban J connectivity index is 1.85. The third-order valence-electron chi connectivity index (χ3n) is 3.74. The van der Waals surface area contributed by atoms with Gasteiger partial charge in [-0.1, -0.05) is 19.1 Å². The fraction of sp³-hybridized carbons (Fsp3) is 0.333. The average Bonchev–Trinajstić information content (AvgIpc) is 2.98. The van der Waals surface area contributed by atoms with Crippen molar-refractivity contribution >= 4 is 23.5 Å². The first kappa shape index (κ1) is 16.9. The number of nitrogens with zero attached hydrogens (tertiary/aromatic N) is 3. The number of carbonyl (C=O) groups is 2. The molecule has 0 fully saturated rings. The topological polar surface area (TPSA) is 88.9 Å². The SMILES string of the molecule is CCc1ccc(NC(=O)[C@H]2CC(=O)Nc3nc(C(F)(F)F)nn32)cc1. The smallest absolute Gasteiger partial charge is 0.324 e. The number of fused-ring (bicyclic) bond motifs is 1. The van der Waals surface area contributed by atoms with Crippen LogP contribution in [0.2, 0.25) is 0 Å². The van der Waals surface area contributed by atoms with Gasteiger partial charge >= 0.3 is 6.18 Å². The van der Waals surface area contributed by atoms with Crippen LogP contribution in [-0.2, 0) is 22.2 Å². The van der Waals surface area contributed by atoms with Crippen molar-refractivity contribution in [1.82, 2.24) is 14.8 Å². The second-order valence-electron chi connectivity index (χ2n) is 5.51. The van der Waals surface area contributed by atoms with Gasteiger partial charge in [0.05, 0.1) is 6.42 Å². The molecule has 1 aliphatic rings. The first-order chi connectivity index (χ1) is 11.8. The number of aryl methyl sites for hydroxylation is 1. The van der Waals surface area contributed by atoms with Crippen molar-refractivity contribution < 1.29 is 22.8 Å². The zero-order valence-corrected chi connectivity index (χ0v) is 13.1. The summed E-state index contributed by atoms with van der Waals surface area (Å²) in [5, 5.41) is 8.10. The van der Waals surface area contributed by atoms with Gasteiger partial charge in [0, 0.05) is 5.69 Å². The van der Waals surface area contributed by atoms with Crippen LogP contribution in [0.4, 0.5) is 24.8 Å². The summed E-state index contributed by atoms with van der Waals surface area (Å²) in [6, 6.07) is 5.81. The van der Waals surface area contributed by atoms with Crippen LogP contribution in [0.25, 0.3) is 0 Å². The van der Waals surface area contributed by atoms with E-state index in [9.17, 15) is 22.8 Å². The third-order valence-corrected chi connectivity index (χ3v) is 3.74. The number of alkyl halides is 3. The summed E-state index contributed by atoms with van der Waals surface area (Å²) in [6.07, 6.45) is -4.27.